The van der Waals surface area contributed by atoms with Gasteiger partial charge < -0.3 is 19.9 Å². The number of carbonyl (C=O) groups is 5. The molecule has 1 fully saturated rings. The maximum absolute atomic E-state index is 12.9. The van der Waals surface area contributed by atoms with Gasteiger partial charge in [-0.15, -0.1) is 11.8 Å². The molecule has 1 saturated heterocycles. The molecular formula is C21H22N2O8S. The Hall–Kier alpha value is -3.34. The van der Waals surface area contributed by atoms with Gasteiger partial charge in [-0.2, -0.15) is 0 Å². The summed E-state index contributed by atoms with van der Waals surface area (Å²) in [5, 5.41) is 11.2. The number of fused-ring (bicyclic) bond motifs is 1. The lowest BCUT2D eigenvalue weighted by Crippen LogP contribution is -2.70. The van der Waals surface area contributed by atoms with E-state index >= 15 is 0 Å². The van der Waals surface area contributed by atoms with Crippen molar-refractivity contribution in [3.8, 4) is 0 Å². The Labute approximate surface area is 187 Å². The number of thioether (sulfide) groups is 1. The number of ether oxygens (including phenoxy) is 2. The van der Waals surface area contributed by atoms with Crippen LogP contribution in [0.25, 0.3) is 0 Å². The van der Waals surface area contributed by atoms with Crippen LogP contribution in [0, 0.1) is 0 Å². The van der Waals surface area contributed by atoms with E-state index in [0.717, 1.165) is 4.90 Å². The number of amides is 2. The van der Waals surface area contributed by atoms with Gasteiger partial charge in [0, 0.05) is 6.92 Å². The summed E-state index contributed by atoms with van der Waals surface area (Å²) in [6.45, 7) is 6.16. The largest absolute Gasteiger partial charge is 0.478 e. The van der Waals surface area contributed by atoms with Crippen LogP contribution in [0.5, 0.6) is 0 Å². The number of hydrogen-bond donors (Lipinski definition) is 2. The number of rotatable bonds is 5. The highest BCUT2D eigenvalue weighted by Crippen LogP contribution is 2.41. The van der Waals surface area contributed by atoms with Crippen LogP contribution in [-0.2, 0) is 23.9 Å². The predicted octanol–water partition coefficient (Wildman–Crippen LogP) is 1.51. The van der Waals surface area contributed by atoms with Crippen LogP contribution in [0.4, 0.5) is 0 Å². The summed E-state index contributed by atoms with van der Waals surface area (Å²) in [6.07, 6.45) is 0. The minimum absolute atomic E-state index is 0.00218. The van der Waals surface area contributed by atoms with Gasteiger partial charge in [0.15, 0.2) is 5.70 Å². The van der Waals surface area contributed by atoms with Gasteiger partial charge >= 0.3 is 17.9 Å². The molecule has 2 aliphatic rings. The molecule has 2 atom stereocenters. The molecule has 0 aliphatic carbocycles. The van der Waals surface area contributed by atoms with Crippen LogP contribution in [0.2, 0.25) is 0 Å². The molecule has 2 aliphatic heterocycles. The summed E-state index contributed by atoms with van der Waals surface area (Å²) in [5.74, 6) is -3.98. The van der Waals surface area contributed by atoms with Gasteiger partial charge in [0.1, 0.15) is 22.8 Å². The smallest absolute Gasteiger partial charge is 0.359 e. The highest BCUT2D eigenvalue weighted by Gasteiger charge is 2.55. The van der Waals surface area contributed by atoms with E-state index in [-0.39, 0.29) is 28.3 Å². The molecule has 1 aromatic rings. The van der Waals surface area contributed by atoms with Gasteiger partial charge in [0.2, 0.25) is 0 Å². The standard InChI is InChI=1S/C21H22N2O8S/c1-10(24)30-13-9-32-18-14(17(26)23(18)15(13)20(29)31-21(2,3)4)22-16(25)11-7-5-6-8-12(11)19(27)28/h5-8,14,18H,9H2,1-4H3,(H,22,25)(H,27,28)/t14?,18-/m0/s1. The minimum atomic E-state index is -1.27. The molecule has 0 radical (unpaired) electrons. The molecule has 11 heteroatoms. The van der Waals surface area contributed by atoms with Crippen molar-refractivity contribution < 1.29 is 38.6 Å². The normalized spacial score (nSPS) is 20.1. The molecule has 2 amide bonds. The maximum Gasteiger partial charge on any atom is 0.359 e. The zero-order chi connectivity index (χ0) is 23.8. The van der Waals surface area contributed by atoms with Gasteiger partial charge in [0.05, 0.1) is 16.9 Å². The number of nitrogens with zero attached hydrogens (tertiary/aromatic N) is 1. The molecule has 0 aromatic heterocycles. The van der Waals surface area contributed by atoms with Gasteiger partial charge in [-0.1, -0.05) is 12.1 Å². The van der Waals surface area contributed by atoms with Crippen molar-refractivity contribution in [2.24, 2.45) is 0 Å². The van der Waals surface area contributed by atoms with Crippen LogP contribution < -0.4 is 5.32 Å². The zero-order valence-electron chi connectivity index (χ0n) is 17.8. The molecule has 32 heavy (non-hydrogen) atoms. The lowest BCUT2D eigenvalue weighted by atomic mass is 10.0. The first kappa shape index (κ1) is 23.3. The van der Waals surface area contributed by atoms with Crippen LogP contribution in [0.1, 0.15) is 48.4 Å². The molecule has 0 spiro atoms. The Balaban J connectivity index is 1.85. The topological polar surface area (TPSA) is 139 Å². The molecule has 0 bridgehead atoms. The summed E-state index contributed by atoms with van der Waals surface area (Å²) in [5.41, 5.74) is -1.32. The van der Waals surface area contributed by atoms with E-state index in [0.29, 0.717) is 0 Å². The van der Waals surface area contributed by atoms with E-state index in [1.165, 1.54) is 43.0 Å². The minimum Gasteiger partial charge on any atom is -0.478 e. The zero-order valence-corrected chi connectivity index (χ0v) is 18.6. The van der Waals surface area contributed by atoms with Gasteiger partial charge in [0.25, 0.3) is 11.8 Å². The first-order valence-corrected chi connectivity index (χ1v) is 10.7. The van der Waals surface area contributed by atoms with E-state index in [4.69, 9.17) is 9.47 Å². The fourth-order valence-electron chi connectivity index (χ4n) is 3.25. The van der Waals surface area contributed by atoms with Crippen molar-refractivity contribution in [2.75, 3.05) is 5.75 Å². The lowest BCUT2D eigenvalue weighted by Gasteiger charge is -2.49. The van der Waals surface area contributed by atoms with Crippen molar-refractivity contribution in [3.63, 3.8) is 0 Å². The average Bonchev–Trinajstić information content (AvgIpc) is 2.69. The summed E-state index contributed by atoms with van der Waals surface area (Å²) in [7, 11) is 0. The fourth-order valence-corrected chi connectivity index (χ4v) is 4.50. The number of benzene rings is 1. The highest BCUT2D eigenvalue weighted by molar-refractivity contribution is 8.00. The van der Waals surface area contributed by atoms with Gasteiger partial charge in [-0.05, 0) is 32.9 Å². The van der Waals surface area contributed by atoms with Crippen molar-refractivity contribution in [1.82, 2.24) is 10.2 Å². The Bertz CT molecular complexity index is 1040. The van der Waals surface area contributed by atoms with E-state index in [9.17, 15) is 29.1 Å². The number of nitrogens with one attached hydrogen (secondary N) is 1. The van der Waals surface area contributed by atoms with Gasteiger partial charge in [-0.25, -0.2) is 9.59 Å². The molecule has 170 valence electrons. The van der Waals surface area contributed by atoms with Crippen molar-refractivity contribution in [2.45, 2.75) is 44.7 Å². The third kappa shape index (κ3) is 4.62. The summed E-state index contributed by atoms with van der Waals surface area (Å²) in [6, 6.07) is 4.64. The molecule has 10 nitrogen and oxygen atoms in total. The molecule has 1 unspecified atom stereocenters. The number of carboxylic acid groups (broad SMARTS) is 1. The average molecular weight is 462 g/mol. The highest BCUT2D eigenvalue weighted by atomic mass is 32.2. The molecule has 2 N–H and O–H groups in total. The Morgan fingerprint density at radius 1 is 1.16 bits per heavy atom. The van der Waals surface area contributed by atoms with E-state index in [1.807, 2.05) is 0 Å². The molecule has 2 heterocycles. The maximum atomic E-state index is 12.9. The second-order valence-corrected chi connectivity index (χ2v) is 9.18. The molecular weight excluding hydrogens is 440 g/mol. The number of aromatic carboxylic acids is 1. The molecule has 3 rings (SSSR count). The van der Waals surface area contributed by atoms with Crippen molar-refractivity contribution in [3.05, 3.63) is 46.8 Å². The Morgan fingerprint density at radius 2 is 1.78 bits per heavy atom. The van der Waals surface area contributed by atoms with Crippen LogP contribution >= 0.6 is 11.8 Å². The second kappa shape index (κ2) is 8.65. The van der Waals surface area contributed by atoms with Gasteiger partial charge in [-0.3, -0.25) is 19.3 Å². The third-order valence-corrected chi connectivity index (χ3v) is 5.73. The second-order valence-electron chi connectivity index (χ2n) is 8.08. The summed E-state index contributed by atoms with van der Waals surface area (Å²) >= 11 is 1.19. The summed E-state index contributed by atoms with van der Waals surface area (Å²) in [4.78, 5) is 62.4. The number of hydrogen-bond acceptors (Lipinski definition) is 8. The number of esters is 2. The number of carbonyl (C=O) groups excluding carboxylic acids is 4. The van der Waals surface area contributed by atoms with E-state index in [1.54, 1.807) is 20.8 Å². The quantitative estimate of drug-likeness (QED) is 0.492. The van der Waals surface area contributed by atoms with Crippen LogP contribution in [-0.4, -0.2) is 62.5 Å². The fraction of sp³-hybridized carbons (Fsp3) is 0.381. The molecule has 1 aromatic carbocycles. The Morgan fingerprint density at radius 3 is 2.34 bits per heavy atom. The van der Waals surface area contributed by atoms with Crippen molar-refractivity contribution in [1.29, 1.82) is 0 Å². The Kier molecular flexibility index (Phi) is 6.31. The van der Waals surface area contributed by atoms with E-state index in [2.05, 4.69) is 5.32 Å². The van der Waals surface area contributed by atoms with Crippen LogP contribution in [0.15, 0.2) is 35.7 Å². The number of β-lactam (4-membered cyclic amide) rings is 1. The van der Waals surface area contributed by atoms with Crippen molar-refractivity contribution >= 4 is 41.5 Å². The lowest BCUT2D eigenvalue weighted by molar-refractivity contribution is -0.159. The number of carboxylic acids is 1. The summed E-state index contributed by atoms with van der Waals surface area (Å²) < 4.78 is 10.5. The monoisotopic (exact) mass is 462 g/mol. The SMILES string of the molecule is CC(=O)OC1=C(C(=O)OC(C)(C)C)N2C(=O)C(NC(=O)c3ccccc3C(=O)O)[C@@H]2SC1. The first-order valence-electron chi connectivity index (χ1n) is 9.63. The first-order chi connectivity index (χ1) is 14.9. The van der Waals surface area contributed by atoms with E-state index < -0.39 is 46.7 Å². The van der Waals surface area contributed by atoms with Crippen LogP contribution in [0.3, 0.4) is 0 Å². The molecule has 0 saturated carbocycles. The third-order valence-electron chi connectivity index (χ3n) is 4.48. The predicted molar refractivity (Wildman–Crippen MR) is 112 cm³/mol.